The maximum atomic E-state index is 11.2. The molecule has 4 N–H and O–H groups in total. The Labute approximate surface area is 111 Å². The van der Waals surface area contributed by atoms with Crippen molar-refractivity contribution in [2.75, 3.05) is 23.9 Å². The fourth-order valence-corrected chi connectivity index (χ4v) is 2.58. The highest BCUT2D eigenvalue weighted by atomic mass is 35.5. The number of hydrogen-bond donors (Lipinski definition) is 3. The fraction of sp³-hybridized carbons (Fsp3) is 0.556. The Bertz CT molecular complexity index is 532. The first-order chi connectivity index (χ1) is 8.09. The van der Waals surface area contributed by atoms with Gasteiger partial charge >= 0.3 is 0 Å². The molecule has 0 aromatic carbocycles. The van der Waals surface area contributed by atoms with E-state index in [0.29, 0.717) is 17.4 Å². The molecule has 102 valence electrons. The van der Waals surface area contributed by atoms with Crippen molar-refractivity contribution in [1.29, 1.82) is 0 Å². The Kier molecular flexibility index (Phi) is 4.36. The van der Waals surface area contributed by atoms with Gasteiger partial charge in [0.15, 0.2) is 5.82 Å². The van der Waals surface area contributed by atoms with Gasteiger partial charge in [-0.25, -0.2) is 18.1 Å². The summed E-state index contributed by atoms with van der Waals surface area (Å²) in [5.41, 5.74) is 4.75. The number of nitrogens with zero attached hydrogens (tertiary/aromatic N) is 2. The van der Waals surface area contributed by atoms with Gasteiger partial charge in [-0.15, -0.1) is 0 Å². The van der Waals surface area contributed by atoms with Crippen molar-refractivity contribution in [3.63, 3.8) is 0 Å². The highest BCUT2D eigenvalue weighted by Gasteiger charge is 2.22. The number of nitrogens with two attached hydrogens (primary N) is 1. The number of nitrogens with one attached hydrogen (secondary N) is 2. The molecule has 0 aliphatic carbocycles. The van der Waals surface area contributed by atoms with Crippen LogP contribution in [0.25, 0.3) is 0 Å². The van der Waals surface area contributed by atoms with Gasteiger partial charge in [0.25, 0.3) is 0 Å². The van der Waals surface area contributed by atoms with E-state index < -0.39 is 15.6 Å². The zero-order valence-electron chi connectivity index (χ0n) is 10.4. The van der Waals surface area contributed by atoms with Crippen molar-refractivity contribution in [2.24, 2.45) is 0 Å². The van der Waals surface area contributed by atoms with E-state index in [-0.39, 0.29) is 5.95 Å². The zero-order chi connectivity index (χ0) is 14.0. The molecule has 9 heteroatoms. The second-order valence-electron chi connectivity index (χ2n) is 4.54. The highest BCUT2D eigenvalue weighted by Crippen LogP contribution is 2.19. The minimum atomic E-state index is -3.28. The fourth-order valence-electron chi connectivity index (χ4n) is 1.35. The lowest BCUT2D eigenvalue weighted by Crippen LogP contribution is -2.47. The Morgan fingerprint density at radius 3 is 2.67 bits per heavy atom. The summed E-state index contributed by atoms with van der Waals surface area (Å²) >= 11 is 5.88. The molecule has 1 aromatic rings. The first-order valence-corrected chi connectivity index (χ1v) is 7.37. The van der Waals surface area contributed by atoms with Crippen LogP contribution in [0.1, 0.15) is 13.8 Å². The molecule has 0 saturated heterocycles. The molecule has 1 aromatic heterocycles. The molecule has 0 bridgehead atoms. The summed E-state index contributed by atoms with van der Waals surface area (Å²) in [5, 5.41) is 3.25. The lowest BCUT2D eigenvalue weighted by atomic mass is 10.1. The van der Waals surface area contributed by atoms with Gasteiger partial charge in [0, 0.05) is 12.1 Å². The summed E-state index contributed by atoms with van der Waals surface area (Å²) in [7, 11) is -3.28. The molecule has 0 fully saturated rings. The molecule has 18 heavy (non-hydrogen) atoms. The van der Waals surface area contributed by atoms with E-state index in [1.807, 2.05) is 0 Å². The number of sulfonamides is 1. The SMILES string of the molecule is CC(C)(CNc1nc(N)ncc1Cl)NS(C)(=O)=O. The van der Waals surface area contributed by atoms with E-state index in [9.17, 15) is 8.42 Å². The van der Waals surface area contributed by atoms with Gasteiger partial charge in [-0.1, -0.05) is 11.6 Å². The molecule has 0 spiro atoms. The maximum absolute atomic E-state index is 11.2. The minimum absolute atomic E-state index is 0.0933. The first-order valence-electron chi connectivity index (χ1n) is 5.10. The molecule has 0 radical (unpaired) electrons. The summed E-state index contributed by atoms with van der Waals surface area (Å²) in [6, 6.07) is 0. The quantitative estimate of drug-likeness (QED) is 0.727. The summed E-state index contributed by atoms with van der Waals surface area (Å²) in [4.78, 5) is 7.65. The maximum Gasteiger partial charge on any atom is 0.222 e. The van der Waals surface area contributed by atoms with Crippen molar-refractivity contribution >= 4 is 33.4 Å². The lowest BCUT2D eigenvalue weighted by molar-refractivity contribution is 0.476. The summed E-state index contributed by atoms with van der Waals surface area (Å²) in [6.07, 6.45) is 2.48. The van der Waals surface area contributed by atoms with E-state index in [0.717, 1.165) is 6.26 Å². The van der Waals surface area contributed by atoms with Gasteiger partial charge in [-0.2, -0.15) is 4.98 Å². The number of hydrogen-bond acceptors (Lipinski definition) is 6. The van der Waals surface area contributed by atoms with E-state index in [4.69, 9.17) is 17.3 Å². The Balaban J connectivity index is 2.72. The Hall–Kier alpha value is -1.12. The Morgan fingerprint density at radius 1 is 1.50 bits per heavy atom. The van der Waals surface area contributed by atoms with Crippen LogP contribution in [0.4, 0.5) is 11.8 Å². The van der Waals surface area contributed by atoms with Crippen LogP contribution in [-0.4, -0.2) is 36.7 Å². The van der Waals surface area contributed by atoms with Gasteiger partial charge in [0.2, 0.25) is 16.0 Å². The molecule has 0 amide bonds. The van der Waals surface area contributed by atoms with Crippen molar-refractivity contribution in [3.05, 3.63) is 11.2 Å². The average molecular weight is 294 g/mol. The summed E-state index contributed by atoms with van der Waals surface area (Å²) < 4.78 is 24.8. The van der Waals surface area contributed by atoms with Crippen LogP contribution >= 0.6 is 11.6 Å². The molecule has 1 heterocycles. The van der Waals surface area contributed by atoms with E-state index in [1.165, 1.54) is 6.20 Å². The molecule has 0 aliphatic heterocycles. The number of halogens is 1. The van der Waals surface area contributed by atoms with Crippen LogP contribution in [-0.2, 0) is 10.0 Å². The number of rotatable bonds is 5. The van der Waals surface area contributed by atoms with Crippen molar-refractivity contribution < 1.29 is 8.42 Å². The van der Waals surface area contributed by atoms with Crippen LogP contribution in [0.15, 0.2) is 6.20 Å². The van der Waals surface area contributed by atoms with Crippen LogP contribution in [0.3, 0.4) is 0 Å². The third kappa shape index (κ3) is 5.03. The summed E-state index contributed by atoms with van der Waals surface area (Å²) in [6.45, 7) is 3.77. The minimum Gasteiger partial charge on any atom is -0.368 e. The van der Waals surface area contributed by atoms with Crippen LogP contribution in [0.5, 0.6) is 0 Å². The Morgan fingerprint density at radius 2 is 2.11 bits per heavy atom. The van der Waals surface area contributed by atoms with Gasteiger partial charge in [0.1, 0.15) is 5.02 Å². The average Bonchev–Trinajstić information content (AvgIpc) is 2.16. The van der Waals surface area contributed by atoms with Crippen molar-refractivity contribution in [3.8, 4) is 0 Å². The van der Waals surface area contributed by atoms with Crippen LogP contribution < -0.4 is 15.8 Å². The van der Waals surface area contributed by atoms with Gasteiger partial charge in [0.05, 0.1) is 12.5 Å². The highest BCUT2D eigenvalue weighted by molar-refractivity contribution is 7.88. The smallest absolute Gasteiger partial charge is 0.222 e. The lowest BCUT2D eigenvalue weighted by Gasteiger charge is -2.25. The second-order valence-corrected chi connectivity index (χ2v) is 6.69. The molecular weight excluding hydrogens is 278 g/mol. The number of nitrogen functional groups attached to an aromatic ring is 1. The standard InChI is InChI=1S/C9H16ClN5O2S/c1-9(2,15-18(3,16)17)5-13-7-6(10)4-12-8(11)14-7/h4,15H,5H2,1-3H3,(H3,11,12,13,14). The van der Waals surface area contributed by atoms with E-state index >= 15 is 0 Å². The number of anilines is 2. The molecule has 0 atom stereocenters. The molecule has 0 aliphatic rings. The molecule has 0 unspecified atom stereocenters. The zero-order valence-corrected chi connectivity index (χ0v) is 11.9. The number of aromatic nitrogens is 2. The molecule has 1 rings (SSSR count). The van der Waals surface area contributed by atoms with E-state index in [1.54, 1.807) is 13.8 Å². The largest absolute Gasteiger partial charge is 0.368 e. The van der Waals surface area contributed by atoms with Crippen molar-refractivity contribution in [2.45, 2.75) is 19.4 Å². The van der Waals surface area contributed by atoms with Crippen LogP contribution in [0.2, 0.25) is 5.02 Å². The molecule has 0 saturated carbocycles. The third-order valence-electron chi connectivity index (χ3n) is 1.92. The third-order valence-corrected chi connectivity index (χ3v) is 3.12. The van der Waals surface area contributed by atoms with Crippen molar-refractivity contribution in [1.82, 2.24) is 14.7 Å². The predicted octanol–water partition coefficient (Wildman–Crippen LogP) is 0.452. The van der Waals surface area contributed by atoms with Gasteiger partial charge in [-0.3, -0.25) is 0 Å². The van der Waals surface area contributed by atoms with Gasteiger partial charge < -0.3 is 11.1 Å². The summed E-state index contributed by atoms with van der Waals surface area (Å²) in [5.74, 6) is 0.461. The normalized spacial score (nSPS) is 12.4. The second kappa shape index (κ2) is 5.25. The topological polar surface area (TPSA) is 110 Å². The molecular formula is C9H16ClN5O2S. The monoisotopic (exact) mass is 293 g/mol. The predicted molar refractivity (Wildman–Crippen MR) is 72.0 cm³/mol. The molecule has 7 nitrogen and oxygen atoms in total. The van der Waals surface area contributed by atoms with Gasteiger partial charge in [-0.05, 0) is 13.8 Å². The van der Waals surface area contributed by atoms with E-state index in [2.05, 4.69) is 20.0 Å². The first kappa shape index (κ1) is 14.9. The van der Waals surface area contributed by atoms with Crippen LogP contribution in [0, 0.1) is 0 Å².